The van der Waals surface area contributed by atoms with Crippen LogP contribution in [0.5, 0.6) is 0 Å². The third-order valence-corrected chi connectivity index (χ3v) is 7.35. The maximum absolute atomic E-state index is 13.7. The Morgan fingerprint density at radius 2 is 1.73 bits per heavy atom. The number of ether oxygens (including phenoxy) is 1. The van der Waals surface area contributed by atoms with Crippen LogP contribution >= 0.6 is 0 Å². The second kappa shape index (κ2) is 8.87. The highest BCUT2D eigenvalue weighted by Crippen LogP contribution is 2.57. The highest BCUT2D eigenvalue weighted by atomic mass is 16.5. The average molecular weight is 439 g/mol. The van der Waals surface area contributed by atoms with Crippen molar-refractivity contribution < 1.29 is 9.53 Å². The van der Waals surface area contributed by atoms with Crippen LogP contribution in [0.15, 0.2) is 91.0 Å². The quantitative estimate of drug-likeness (QED) is 0.443. The highest BCUT2D eigenvalue weighted by Gasteiger charge is 2.60. The molecule has 3 unspecified atom stereocenters. The lowest BCUT2D eigenvalue weighted by molar-refractivity contribution is -0.155. The number of fused-ring (bicyclic) bond motifs is 1. The first-order valence-electron chi connectivity index (χ1n) is 11.6. The van der Waals surface area contributed by atoms with Crippen molar-refractivity contribution >= 4 is 17.2 Å². The fourth-order valence-corrected chi connectivity index (χ4v) is 5.95. The van der Waals surface area contributed by atoms with Gasteiger partial charge in [0.2, 0.25) is 0 Å². The summed E-state index contributed by atoms with van der Waals surface area (Å²) in [4.78, 5) is 16.1. The number of anilines is 1. The molecule has 5 rings (SSSR count). The molecule has 0 saturated carbocycles. The van der Waals surface area contributed by atoms with Crippen LogP contribution in [0.3, 0.4) is 0 Å². The predicted octanol–water partition coefficient (Wildman–Crippen LogP) is 5.13. The number of hydrogen-bond donors (Lipinski definition) is 1. The summed E-state index contributed by atoms with van der Waals surface area (Å²) in [7, 11) is 1.52. The molecule has 0 amide bonds. The van der Waals surface area contributed by atoms with Crippen LogP contribution < -0.4 is 5.73 Å². The van der Waals surface area contributed by atoms with Crippen molar-refractivity contribution in [3.8, 4) is 0 Å². The second-order valence-electron chi connectivity index (χ2n) is 9.22. The Bertz CT molecular complexity index is 1160. The van der Waals surface area contributed by atoms with E-state index in [4.69, 9.17) is 10.5 Å². The van der Waals surface area contributed by atoms with Gasteiger partial charge in [-0.05, 0) is 40.8 Å². The first-order valence-corrected chi connectivity index (χ1v) is 11.6. The third-order valence-electron chi connectivity index (χ3n) is 7.35. The van der Waals surface area contributed by atoms with Crippen LogP contribution in [0.2, 0.25) is 0 Å². The number of esters is 1. The van der Waals surface area contributed by atoms with Crippen molar-refractivity contribution in [2.24, 2.45) is 11.3 Å². The Morgan fingerprint density at radius 3 is 2.42 bits per heavy atom. The smallest absolute Gasteiger partial charge is 0.314 e. The number of nitrogen functional groups attached to an aromatic ring is 1. The van der Waals surface area contributed by atoms with E-state index in [1.165, 1.54) is 23.8 Å². The van der Waals surface area contributed by atoms with Gasteiger partial charge in [0.15, 0.2) is 0 Å². The number of rotatable bonds is 5. The van der Waals surface area contributed by atoms with Crippen molar-refractivity contribution in [2.45, 2.75) is 18.9 Å². The molecule has 2 aliphatic rings. The average Bonchev–Trinajstić information content (AvgIpc) is 3.24. The summed E-state index contributed by atoms with van der Waals surface area (Å²) in [6.07, 6.45) is 3.11. The Labute approximate surface area is 195 Å². The van der Waals surface area contributed by atoms with Crippen LogP contribution in [0.25, 0.3) is 5.57 Å². The SMILES string of the molecule is COC(=O)C12CN(Cc3ccccc3)CC1C(c1cccc(N)c1)=CCC2c1ccccc1. The van der Waals surface area contributed by atoms with E-state index in [1.54, 1.807) is 0 Å². The van der Waals surface area contributed by atoms with Crippen LogP contribution in [0.1, 0.15) is 29.0 Å². The number of hydrogen-bond acceptors (Lipinski definition) is 4. The van der Waals surface area contributed by atoms with E-state index in [2.05, 4.69) is 65.6 Å². The molecule has 0 radical (unpaired) electrons. The first-order chi connectivity index (χ1) is 16.1. The summed E-state index contributed by atoms with van der Waals surface area (Å²) in [6, 6.07) is 28.9. The minimum Gasteiger partial charge on any atom is -0.469 e. The fourth-order valence-electron chi connectivity index (χ4n) is 5.95. The molecular formula is C29H30N2O2. The number of benzene rings is 3. The van der Waals surface area contributed by atoms with Crippen molar-refractivity contribution in [1.82, 2.24) is 4.90 Å². The van der Waals surface area contributed by atoms with Gasteiger partial charge in [0.25, 0.3) is 0 Å². The molecule has 1 saturated heterocycles. The molecule has 2 N–H and O–H groups in total. The monoisotopic (exact) mass is 438 g/mol. The fraction of sp³-hybridized carbons (Fsp3) is 0.276. The van der Waals surface area contributed by atoms with E-state index in [0.717, 1.165) is 30.8 Å². The molecule has 0 bridgehead atoms. The molecule has 1 aliphatic carbocycles. The van der Waals surface area contributed by atoms with E-state index >= 15 is 0 Å². The number of methoxy groups -OCH3 is 1. The molecule has 168 valence electrons. The van der Waals surface area contributed by atoms with Crippen LogP contribution in [-0.4, -0.2) is 31.1 Å². The van der Waals surface area contributed by atoms with Gasteiger partial charge >= 0.3 is 5.97 Å². The molecule has 3 aromatic carbocycles. The largest absolute Gasteiger partial charge is 0.469 e. The van der Waals surface area contributed by atoms with Gasteiger partial charge in [-0.15, -0.1) is 0 Å². The number of carbonyl (C=O) groups is 1. The van der Waals surface area contributed by atoms with Crippen molar-refractivity contribution in [2.75, 3.05) is 25.9 Å². The van der Waals surface area contributed by atoms with Gasteiger partial charge in [0, 0.05) is 37.2 Å². The van der Waals surface area contributed by atoms with E-state index in [0.29, 0.717) is 6.54 Å². The number of allylic oxidation sites excluding steroid dienone is 1. The molecule has 33 heavy (non-hydrogen) atoms. The third kappa shape index (κ3) is 3.85. The Balaban J connectivity index is 1.62. The van der Waals surface area contributed by atoms with E-state index in [9.17, 15) is 4.79 Å². The first kappa shape index (κ1) is 21.5. The van der Waals surface area contributed by atoms with Gasteiger partial charge in [-0.25, -0.2) is 0 Å². The lowest BCUT2D eigenvalue weighted by Gasteiger charge is -2.43. The summed E-state index contributed by atoms with van der Waals surface area (Å²) >= 11 is 0. The van der Waals surface area contributed by atoms with Gasteiger partial charge in [-0.3, -0.25) is 9.69 Å². The molecule has 3 aromatic rings. The lowest BCUT2D eigenvalue weighted by atomic mass is 9.59. The summed E-state index contributed by atoms with van der Waals surface area (Å²) in [5.41, 5.74) is 11.0. The zero-order valence-corrected chi connectivity index (χ0v) is 19.0. The van der Waals surface area contributed by atoms with Crippen LogP contribution in [0.4, 0.5) is 5.69 Å². The Hall–Kier alpha value is -3.37. The van der Waals surface area contributed by atoms with Gasteiger partial charge in [0.05, 0.1) is 12.5 Å². The molecule has 1 fully saturated rings. The summed E-state index contributed by atoms with van der Waals surface area (Å²) < 4.78 is 5.54. The standard InChI is InChI=1S/C29H30N2O2/c1-33-28(32)29-20-31(18-21-9-4-2-5-10-21)19-27(29)25(23-13-8-14-24(30)17-23)15-16-26(29)22-11-6-3-7-12-22/h2-15,17,26-27H,16,18-20,30H2,1H3. The topological polar surface area (TPSA) is 55.6 Å². The summed E-state index contributed by atoms with van der Waals surface area (Å²) in [5.74, 6) is -0.0393. The van der Waals surface area contributed by atoms with Gasteiger partial charge < -0.3 is 10.5 Å². The number of likely N-dealkylation sites (tertiary alicyclic amines) is 1. The van der Waals surface area contributed by atoms with Crippen LogP contribution in [0, 0.1) is 11.3 Å². The van der Waals surface area contributed by atoms with Gasteiger partial charge in [-0.1, -0.05) is 78.9 Å². The number of nitrogens with zero attached hydrogens (tertiary/aromatic N) is 1. The van der Waals surface area contributed by atoms with Crippen molar-refractivity contribution in [1.29, 1.82) is 0 Å². The summed E-state index contributed by atoms with van der Waals surface area (Å²) in [5, 5.41) is 0. The van der Waals surface area contributed by atoms with E-state index in [-0.39, 0.29) is 17.8 Å². The second-order valence-corrected chi connectivity index (χ2v) is 9.22. The van der Waals surface area contributed by atoms with Crippen molar-refractivity contribution in [3.63, 3.8) is 0 Å². The molecule has 1 heterocycles. The Morgan fingerprint density at radius 1 is 1.00 bits per heavy atom. The van der Waals surface area contributed by atoms with E-state index < -0.39 is 5.41 Å². The van der Waals surface area contributed by atoms with Crippen molar-refractivity contribution in [3.05, 3.63) is 108 Å². The molecule has 4 nitrogen and oxygen atoms in total. The number of nitrogens with two attached hydrogens (primary N) is 1. The molecule has 3 atom stereocenters. The minimum atomic E-state index is -0.653. The number of carbonyl (C=O) groups excluding carboxylic acids is 1. The molecule has 0 spiro atoms. The zero-order valence-electron chi connectivity index (χ0n) is 19.0. The highest BCUT2D eigenvalue weighted by molar-refractivity contribution is 5.86. The molecule has 1 aliphatic heterocycles. The van der Waals surface area contributed by atoms with Crippen LogP contribution in [-0.2, 0) is 16.1 Å². The molecule has 4 heteroatoms. The minimum absolute atomic E-state index is 0.0226. The summed E-state index contributed by atoms with van der Waals surface area (Å²) in [6.45, 7) is 2.27. The van der Waals surface area contributed by atoms with E-state index in [1.807, 2.05) is 30.3 Å². The maximum Gasteiger partial charge on any atom is 0.314 e. The predicted molar refractivity (Wildman–Crippen MR) is 132 cm³/mol. The Kier molecular flexibility index (Phi) is 5.77. The zero-order chi connectivity index (χ0) is 22.8. The van der Waals surface area contributed by atoms with Gasteiger partial charge in [-0.2, -0.15) is 0 Å². The normalized spacial score (nSPS) is 24.7. The molecular weight excluding hydrogens is 408 g/mol. The van der Waals surface area contributed by atoms with Gasteiger partial charge in [0.1, 0.15) is 0 Å². The lowest BCUT2D eigenvalue weighted by Crippen LogP contribution is -2.47. The maximum atomic E-state index is 13.7. The molecule has 0 aromatic heterocycles.